The Bertz CT molecular complexity index is 848. The van der Waals surface area contributed by atoms with Crippen LogP contribution in [0.3, 0.4) is 0 Å². The Kier molecular flexibility index (Phi) is 6.96. The van der Waals surface area contributed by atoms with Gasteiger partial charge in [0.2, 0.25) is 11.8 Å². The molecule has 0 spiro atoms. The molecule has 0 unspecified atom stereocenters. The molecule has 6 heteroatoms. The minimum atomic E-state index is -0.722. The van der Waals surface area contributed by atoms with E-state index < -0.39 is 11.9 Å². The molecule has 1 aliphatic rings. The van der Waals surface area contributed by atoms with E-state index >= 15 is 0 Å². The van der Waals surface area contributed by atoms with Crippen LogP contribution >= 0.6 is 0 Å². The van der Waals surface area contributed by atoms with Crippen molar-refractivity contribution < 1.29 is 18.4 Å². The molecule has 2 aromatic rings. The second kappa shape index (κ2) is 9.63. The molecule has 3 rings (SSSR count). The van der Waals surface area contributed by atoms with Crippen molar-refractivity contribution in [2.24, 2.45) is 0 Å². The zero-order valence-corrected chi connectivity index (χ0v) is 16.5. The Labute approximate surface area is 169 Å². The molecule has 0 aromatic heterocycles. The average molecular weight is 400 g/mol. The van der Waals surface area contributed by atoms with E-state index in [2.05, 4.69) is 5.32 Å². The van der Waals surface area contributed by atoms with E-state index in [0.717, 1.165) is 25.7 Å². The van der Waals surface area contributed by atoms with Gasteiger partial charge in [-0.25, -0.2) is 8.78 Å². The number of hydrogen-bond acceptors (Lipinski definition) is 2. The third-order valence-corrected chi connectivity index (χ3v) is 5.43. The molecule has 1 aliphatic carbocycles. The van der Waals surface area contributed by atoms with Gasteiger partial charge < -0.3 is 10.2 Å². The highest BCUT2D eigenvalue weighted by Gasteiger charge is 2.28. The lowest BCUT2D eigenvalue weighted by molar-refractivity contribution is -0.140. The van der Waals surface area contributed by atoms with Gasteiger partial charge in [0.15, 0.2) is 0 Å². The van der Waals surface area contributed by atoms with Gasteiger partial charge in [-0.05, 0) is 49.1 Å². The number of halogens is 2. The van der Waals surface area contributed by atoms with Crippen molar-refractivity contribution in [3.63, 3.8) is 0 Å². The van der Waals surface area contributed by atoms with Crippen molar-refractivity contribution in [2.75, 3.05) is 0 Å². The third-order valence-electron chi connectivity index (χ3n) is 5.43. The van der Waals surface area contributed by atoms with Gasteiger partial charge in [-0.2, -0.15) is 0 Å². The number of benzene rings is 2. The number of amides is 2. The summed E-state index contributed by atoms with van der Waals surface area (Å²) < 4.78 is 27.3. The fraction of sp³-hybridized carbons (Fsp3) is 0.391. The Hall–Kier alpha value is -2.76. The van der Waals surface area contributed by atoms with Gasteiger partial charge >= 0.3 is 0 Å². The maximum atomic E-state index is 14.0. The lowest BCUT2D eigenvalue weighted by Crippen LogP contribution is -2.50. The number of nitrogens with zero attached hydrogens (tertiary/aromatic N) is 1. The van der Waals surface area contributed by atoms with E-state index in [1.165, 1.54) is 23.1 Å². The molecular weight excluding hydrogens is 374 g/mol. The van der Waals surface area contributed by atoms with E-state index in [1.54, 1.807) is 37.3 Å². The van der Waals surface area contributed by atoms with E-state index in [-0.39, 0.29) is 42.2 Å². The molecule has 4 nitrogen and oxygen atoms in total. The van der Waals surface area contributed by atoms with Gasteiger partial charge in [-0.3, -0.25) is 9.59 Å². The predicted molar refractivity (Wildman–Crippen MR) is 107 cm³/mol. The maximum Gasteiger partial charge on any atom is 0.242 e. The van der Waals surface area contributed by atoms with Crippen LogP contribution in [0, 0.1) is 11.6 Å². The summed E-state index contributed by atoms with van der Waals surface area (Å²) in [6, 6.07) is 11.3. The molecular formula is C23H26F2N2O2. The van der Waals surface area contributed by atoms with Gasteiger partial charge in [0.1, 0.15) is 17.7 Å². The lowest BCUT2D eigenvalue weighted by Gasteiger charge is -2.30. The van der Waals surface area contributed by atoms with Crippen LogP contribution in [0.1, 0.15) is 43.7 Å². The van der Waals surface area contributed by atoms with Gasteiger partial charge in [0, 0.05) is 12.6 Å². The highest BCUT2D eigenvalue weighted by atomic mass is 19.1. The van der Waals surface area contributed by atoms with Gasteiger partial charge in [-0.1, -0.05) is 43.2 Å². The zero-order valence-electron chi connectivity index (χ0n) is 16.5. The molecule has 0 radical (unpaired) electrons. The number of nitrogens with one attached hydrogen (secondary N) is 1. The first-order valence-electron chi connectivity index (χ1n) is 10.0. The molecule has 0 saturated heterocycles. The molecule has 1 atom stereocenters. The largest absolute Gasteiger partial charge is 0.352 e. The molecule has 0 heterocycles. The van der Waals surface area contributed by atoms with Crippen LogP contribution < -0.4 is 5.32 Å². The van der Waals surface area contributed by atoms with Gasteiger partial charge in [0.05, 0.1) is 6.42 Å². The molecule has 0 bridgehead atoms. The van der Waals surface area contributed by atoms with Crippen LogP contribution in [-0.2, 0) is 22.6 Å². The normalized spacial score (nSPS) is 15.1. The summed E-state index contributed by atoms with van der Waals surface area (Å²) in [5.74, 6) is -1.40. The van der Waals surface area contributed by atoms with Crippen LogP contribution in [0.15, 0.2) is 48.5 Å². The molecule has 1 N–H and O–H groups in total. The molecule has 2 amide bonds. The number of carbonyl (C=O) groups is 2. The highest BCUT2D eigenvalue weighted by Crippen LogP contribution is 2.19. The smallest absolute Gasteiger partial charge is 0.242 e. The molecule has 1 fully saturated rings. The summed E-state index contributed by atoms with van der Waals surface area (Å²) in [6.07, 6.45) is 3.92. The van der Waals surface area contributed by atoms with Crippen molar-refractivity contribution in [3.8, 4) is 0 Å². The van der Waals surface area contributed by atoms with Gasteiger partial charge in [0.25, 0.3) is 0 Å². The molecule has 0 aliphatic heterocycles. The van der Waals surface area contributed by atoms with Crippen LogP contribution in [0.4, 0.5) is 8.78 Å². The van der Waals surface area contributed by atoms with Crippen molar-refractivity contribution in [3.05, 3.63) is 71.3 Å². The SMILES string of the molecule is C[C@H](C(=O)NC1CCCC1)N(Cc1ccc(F)cc1)C(=O)Cc1ccccc1F. The quantitative estimate of drug-likeness (QED) is 0.764. The molecule has 1 saturated carbocycles. The standard InChI is InChI=1S/C23H26F2N2O2/c1-16(23(29)26-20-7-3-4-8-20)27(15-17-10-12-19(24)13-11-17)22(28)14-18-6-2-5-9-21(18)25/h2,5-6,9-13,16,20H,3-4,7-8,14-15H2,1H3,(H,26,29)/t16-/m1/s1. The molecule has 29 heavy (non-hydrogen) atoms. The van der Waals surface area contributed by atoms with Crippen LogP contribution in [0.2, 0.25) is 0 Å². The summed E-state index contributed by atoms with van der Waals surface area (Å²) in [7, 11) is 0. The first-order valence-corrected chi connectivity index (χ1v) is 10.0. The second-order valence-corrected chi connectivity index (χ2v) is 7.58. The van der Waals surface area contributed by atoms with E-state index in [4.69, 9.17) is 0 Å². The van der Waals surface area contributed by atoms with Crippen LogP contribution in [0.25, 0.3) is 0 Å². The summed E-state index contributed by atoms with van der Waals surface area (Å²) >= 11 is 0. The Morgan fingerprint density at radius 3 is 2.38 bits per heavy atom. The van der Waals surface area contributed by atoms with E-state index in [1.807, 2.05) is 0 Å². The van der Waals surface area contributed by atoms with Crippen molar-refractivity contribution in [1.82, 2.24) is 10.2 Å². The number of hydrogen-bond donors (Lipinski definition) is 1. The molecule has 2 aromatic carbocycles. The fourth-order valence-corrected chi connectivity index (χ4v) is 3.67. The second-order valence-electron chi connectivity index (χ2n) is 7.58. The summed E-state index contributed by atoms with van der Waals surface area (Å²) in [5.41, 5.74) is 0.985. The summed E-state index contributed by atoms with van der Waals surface area (Å²) in [4.78, 5) is 27.2. The first-order chi connectivity index (χ1) is 13.9. The van der Waals surface area contributed by atoms with E-state index in [0.29, 0.717) is 5.56 Å². The van der Waals surface area contributed by atoms with Crippen molar-refractivity contribution >= 4 is 11.8 Å². The third kappa shape index (κ3) is 5.62. The van der Waals surface area contributed by atoms with Crippen molar-refractivity contribution in [2.45, 2.75) is 57.7 Å². The summed E-state index contributed by atoms with van der Waals surface area (Å²) in [5, 5.41) is 3.02. The Morgan fingerprint density at radius 2 is 1.72 bits per heavy atom. The monoisotopic (exact) mass is 400 g/mol. The fourth-order valence-electron chi connectivity index (χ4n) is 3.67. The Morgan fingerprint density at radius 1 is 1.07 bits per heavy atom. The highest BCUT2D eigenvalue weighted by molar-refractivity contribution is 5.88. The molecule has 154 valence electrons. The van der Waals surface area contributed by atoms with Crippen LogP contribution in [-0.4, -0.2) is 28.8 Å². The summed E-state index contributed by atoms with van der Waals surface area (Å²) in [6.45, 7) is 1.82. The number of rotatable bonds is 7. The lowest BCUT2D eigenvalue weighted by atomic mass is 10.1. The zero-order chi connectivity index (χ0) is 20.8. The van der Waals surface area contributed by atoms with Gasteiger partial charge in [-0.15, -0.1) is 0 Å². The van der Waals surface area contributed by atoms with E-state index in [9.17, 15) is 18.4 Å². The predicted octanol–water partition coefficient (Wildman–Crippen LogP) is 3.98. The first kappa shape index (κ1) is 21.0. The Balaban J connectivity index is 1.77. The number of carbonyl (C=O) groups excluding carboxylic acids is 2. The van der Waals surface area contributed by atoms with Crippen LogP contribution in [0.5, 0.6) is 0 Å². The minimum absolute atomic E-state index is 0.138. The average Bonchev–Trinajstić information content (AvgIpc) is 3.21. The van der Waals surface area contributed by atoms with Crippen molar-refractivity contribution in [1.29, 1.82) is 0 Å². The minimum Gasteiger partial charge on any atom is -0.352 e. The topological polar surface area (TPSA) is 49.4 Å². The maximum absolute atomic E-state index is 14.0.